The Kier molecular flexibility index (Phi) is 4.25. The first kappa shape index (κ1) is 15.2. The van der Waals surface area contributed by atoms with Crippen LogP contribution in [0.3, 0.4) is 0 Å². The van der Waals surface area contributed by atoms with Crippen LogP contribution in [-0.4, -0.2) is 53.8 Å². The number of carboxylic acids is 1. The third-order valence-electron chi connectivity index (χ3n) is 5.37. The lowest BCUT2D eigenvalue weighted by Gasteiger charge is -2.40. The highest BCUT2D eigenvalue weighted by atomic mass is 32.2. The zero-order valence-electron chi connectivity index (χ0n) is 12.3. The summed E-state index contributed by atoms with van der Waals surface area (Å²) in [7, 11) is -3.41. The van der Waals surface area contributed by atoms with Gasteiger partial charge in [0.1, 0.15) is 0 Å². The minimum absolute atomic E-state index is 0.181. The van der Waals surface area contributed by atoms with Gasteiger partial charge in [0, 0.05) is 25.7 Å². The SMILES string of the molecule is O=C(O)C1CCN(S(=O)(=O)N2CCCC3CCCC32)CC1. The Morgan fingerprint density at radius 3 is 2.29 bits per heavy atom. The first-order valence-corrected chi connectivity index (χ1v) is 9.39. The molecule has 1 saturated carbocycles. The number of aliphatic carboxylic acids is 1. The molecule has 3 rings (SSSR count). The summed E-state index contributed by atoms with van der Waals surface area (Å²) in [6, 6.07) is 0.181. The normalized spacial score (nSPS) is 33.0. The Balaban J connectivity index is 1.70. The molecule has 0 aromatic carbocycles. The molecule has 2 heterocycles. The summed E-state index contributed by atoms with van der Waals surface area (Å²) in [5.74, 6) is -0.664. The topological polar surface area (TPSA) is 77.9 Å². The molecule has 3 fully saturated rings. The molecule has 2 unspecified atom stereocenters. The van der Waals surface area contributed by atoms with E-state index in [9.17, 15) is 13.2 Å². The lowest BCUT2D eigenvalue weighted by atomic mass is 9.94. The zero-order chi connectivity index (χ0) is 15.0. The second-order valence-corrected chi connectivity index (χ2v) is 8.41. The van der Waals surface area contributed by atoms with Crippen molar-refractivity contribution in [2.45, 2.75) is 51.0 Å². The van der Waals surface area contributed by atoms with Crippen LogP contribution in [0.4, 0.5) is 0 Å². The fourth-order valence-corrected chi connectivity index (χ4v) is 6.12. The molecule has 0 aromatic rings. The number of carbonyl (C=O) groups is 1. The molecule has 2 saturated heterocycles. The molecular weight excluding hydrogens is 292 g/mol. The van der Waals surface area contributed by atoms with Crippen LogP contribution >= 0.6 is 0 Å². The quantitative estimate of drug-likeness (QED) is 0.851. The predicted molar refractivity (Wildman–Crippen MR) is 77.9 cm³/mol. The molecule has 0 spiro atoms. The van der Waals surface area contributed by atoms with Crippen LogP contribution in [0.1, 0.15) is 44.9 Å². The second-order valence-electron chi connectivity index (χ2n) is 6.53. The molecule has 2 aliphatic heterocycles. The van der Waals surface area contributed by atoms with Crippen LogP contribution in [0.15, 0.2) is 0 Å². The van der Waals surface area contributed by atoms with Crippen molar-refractivity contribution < 1.29 is 18.3 Å². The van der Waals surface area contributed by atoms with E-state index in [4.69, 9.17) is 5.11 Å². The van der Waals surface area contributed by atoms with Gasteiger partial charge in [-0.3, -0.25) is 4.79 Å². The van der Waals surface area contributed by atoms with Gasteiger partial charge in [-0.25, -0.2) is 0 Å². The molecule has 0 aromatic heterocycles. The van der Waals surface area contributed by atoms with Crippen molar-refractivity contribution in [3.8, 4) is 0 Å². The number of fused-ring (bicyclic) bond motifs is 1. The highest BCUT2D eigenvalue weighted by Crippen LogP contribution is 2.39. The summed E-state index contributed by atoms with van der Waals surface area (Å²) in [6.45, 7) is 1.31. The fraction of sp³-hybridized carbons (Fsp3) is 0.929. The monoisotopic (exact) mass is 316 g/mol. The van der Waals surface area contributed by atoms with Crippen LogP contribution < -0.4 is 0 Å². The number of piperidine rings is 2. The average molecular weight is 316 g/mol. The van der Waals surface area contributed by atoms with Crippen molar-refractivity contribution in [1.29, 1.82) is 0 Å². The largest absolute Gasteiger partial charge is 0.481 e. The summed E-state index contributed by atoms with van der Waals surface area (Å²) in [5, 5.41) is 9.02. The third-order valence-corrected chi connectivity index (χ3v) is 7.43. The first-order valence-electron chi connectivity index (χ1n) is 8.00. The number of hydrogen-bond donors (Lipinski definition) is 1. The Hall–Kier alpha value is -0.660. The van der Waals surface area contributed by atoms with Gasteiger partial charge in [-0.1, -0.05) is 6.42 Å². The van der Waals surface area contributed by atoms with E-state index >= 15 is 0 Å². The molecule has 6 nitrogen and oxygen atoms in total. The Morgan fingerprint density at radius 1 is 0.952 bits per heavy atom. The maximum Gasteiger partial charge on any atom is 0.306 e. The van der Waals surface area contributed by atoms with Gasteiger partial charge in [0.25, 0.3) is 10.2 Å². The van der Waals surface area contributed by atoms with Crippen LogP contribution in [0.2, 0.25) is 0 Å². The van der Waals surface area contributed by atoms with E-state index in [1.54, 1.807) is 4.31 Å². The molecule has 2 atom stereocenters. The van der Waals surface area contributed by atoms with E-state index in [2.05, 4.69) is 0 Å². The van der Waals surface area contributed by atoms with Crippen LogP contribution in [-0.2, 0) is 15.0 Å². The van der Waals surface area contributed by atoms with Crippen molar-refractivity contribution in [2.24, 2.45) is 11.8 Å². The van der Waals surface area contributed by atoms with Gasteiger partial charge in [0.15, 0.2) is 0 Å². The zero-order valence-corrected chi connectivity index (χ0v) is 13.1. The number of nitrogens with zero attached hydrogens (tertiary/aromatic N) is 2. The average Bonchev–Trinajstić information content (AvgIpc) is 2.95. The minimum atomic E-state index is -3.41. The smallest absolute Gasteiger partial charge is 0.306 e. The van der Waals surface area contributed by atoms with Gasteiger partial charge in [-0.05, 0) is 44.4 Å². The summed E-state index contributed by atoms with van der Waals surface area (Å²) >= 11 is 0. The van der Waals surface area contributed by atoms with Crippen LogP contribution in [0.5, 0.6) is 0 Å². The van der Waals surface area contributed by atoms with Gasteiger partial charge >= 0.3 is 5.97 Å². The summed E-state index contributed by atoms with van der Waals surface area (Å²) < 4.78 is 29.0. The Morgan fingerprint density at radius 2 is 1.62 bits per heavy atom. The Bertz CT molecular complexity index is 499. The standard InChI is InChI=1S/C14H24N2O4S/c17-14(18)12-6-9-15(10-7-12)21(19,20)16-8-2-4-11-3-1-5-13(11)16/h11-13H,1-10H2,(H,17,18). The molecule has 0 radical (unpaired) electrons. The third kappa shape index (κ3) is 2.83. The van der Waals surface area contributed by atoms with E-state index in [0.29, 0.717) is 38.4 Å². The molecule has 3 aliphatic rings. The molecule has 21 heavy (non-hydrogen) atoms. The van der Waals surface area contributed by atoms with Crippen molar-refractivity contribution in [1.82, 2.24) is 8.61 Å². The lowest BCUT2D eigenvalue weighted by Crippen LogP contribution is -2.54. The molecule has 7 heteroatoms. The minimum Gasteiger partial charge on any atom is -0.481 e. The van der Waals surface area contributed by atoms with Crippen LogP contribution in [0.25, 0.3) is 0 Å². The van der Waals surface area contributed by atoms with Crippen molar-refractivity contribution >= 4 is 16.2 Å². The number of hydrogen-bond acceptors (Lipinski definition) is 3. The number of rotatable bonds is 3. The molecule has 120 valence electrons. The summed E-state index contributed by atoms with van der Waals surface area (Å²) in [6.07, 6.45) is 6.21. The van der Waals surface area contributed by atoms with E-state index in [-0.39, 0.29) is 6.04 Å². The van der Waals surface area contributed by atoms with Gasteiger partial charge in [-0.15, -0.1) is 0 Å². The molecular formula is C14H24N2O4S. The van der Waals surface area contributed by atoms with Crippen molar-refractivity contribution in [2.75, 3.05) is 19.6 Å². The van der Waals surface area contributed by atoms with Gasteiger partial charge in [-0.2, -0.15) is 17.0 Å². The van der Waals surface area contributed by atoms with E-state index < -0.39 is 22.1 Å². The maximum atomic E-state index is 12.9. The van der Waals surface area contributed by atoms with E-state index in [1.165, 1.54) is 4.31 Å². The molecule has 0 bridgehead atoms. The Labute approximate surface area is 126 Å². The maximum absolute atomic E-state index is 12.9. The lowest BCUT2D eigenvalue weighted by molar-refractivity contribution is -0.142. The summed E-state index contributed by atoms with van der Waals surface area (Å²) in [5.41, 5.74) is 0. The second kappa shape index (κ2) is 5.85. The first-order chi connectivity index (χ1) is 10.00. The van der Waals surface area contributed by atoms with Crippen LogP contribution in [0, 0.1) is 11.8 Å². The van der Waals surface area contributed by atoms with Crippen molar-refractivity contribution in [3.05, 3.63) is 0 Å². The predicted octanol–water partition coefficient (Wildman–Crippen LogP) is 1.29. The molecule has 1 aliphatic carbocycles. The highest BCUT2D eigenvalue weighted by Gasteiger charge is 2.43. The van der Waals surface area contributed by atoms with Gasteiger partial charge in [0.05, 0.1) is 5.92 Å². The molecule has 1 N–H and O–H groups in total. The molecule has 0 amide bonds. The van der Waals surface area contributed by atoms with Crippen molar-refractivity contribution in [3.63, 3.8) is 0 Å². The highest BCUT2D eigenvalue weighted by molar-refractivity contribution is 7.86. The number of carboxylic acid groups (broad SMARTS) is 1. The van der Waals surface area contributed by atoms with Gasteiger partial charge < -0.3 is 5.11 Å². The fourth-order valence-electron chi connectivity index (χ4n) is 4.18. The summed E-state index contributed by atoms with van der Waals surface area (Å²) in [4.78, 5) is 11.0. The van der Waals surface area contributed by atoms with E-state index in [1.807, 2.05) is 0 Å². The van der Waals surface area contributed by atoms with E-state index in [0.717, 1.165) is 32.1 Å². The van der Waals surface area contributed by atoms with Gasteiger partial charge in [0.2, 0.25) is 0 Å².